The van der Waals surface area contributed by atoms with E-state index in [4.69, 9.17) is 11.1 Å². The van der Waals surface area contributed by atoms with Crippen LogP contribution in [0.25, 0.3) is 0 Å². The minimum atomic E-state index is -4.14. The molecule has 1 fully saturated rings. The van der Waals surface area contributed by atoms with Crippen LogP contribution in [0.3, 0.4) is 0 Å². The van der Waals surface area contributed by atoms with Gasteiger partial charge in [-0.3, -0.25) is 5.41 Å². The van der Waals surface area contributed by atoms with Gasteiger partial charge in [0.15, 0.2) is 0 Å². The molecule has 0 aromatic carbocycles. The van der Waals surface area contributed by atoms with Crippen LogP contribution in [0.1, 0.15) is 19.8 Å². The molecule has 1 saturated heterocycles. The lowest BCUT2D eigenvalue weighted by Crippen LogP contribution is -2.45. The Morgan fingerprint density at radius 2 is 1.94 bits per heavy atom. The summed E-state index contributed by atoms with van der Waals surface area (Å²) in [6, 6.07) is 0. The number of hydrogen-bond acceptors (Lipinski definition) is 3. The van der Waals surface area contributed by atoms with Crippen molar-refractivity contribution in [1.82, 2.24) is 4.90 Å². The Morgan fingerprint density at radius 1 is 1.41 bits per heavy atom. The van der Waals surface area contributed by atoms with E-state index in [-0.39, 0.29) is 28.8 Å². The summed E-state index contributed by atoms with van der Waals surface area (Å²) in [4.78, 5) is 2.00. The van der Waals surface area contributed by atoms with E-state index < -0.39 is 5.51 Å². The smallest absolute Gasteiger partial charge is 0.387 e. The summed E-state index contributed by atoms with van der Waals surface area (Å²) in [5.41, 5.74) is 1.11. The van der Waals surface area contributed by atoms with E-state index in [0.717, 1.165) is 12.8 Å². The van der Waals surface area contributed by atoms with Crippen molar-refractivity contribution < 1.29 is 13.2 Å². The monoisotopic (exact) mass is 269 g/mol. The van der Waals surface area contributed by atoms with Crippen molar-refractivity contribution in [2.24, 2.45) is 11.1 Å². The highest BCUT2D eigenvalue weighted by atomic mass is 32.2. The van der Waals surface area contributed by atoms with Gasteiger partial charge >= 0.3 is 5.51 Å². The van der Waals surface area contributed by atoms with Gasteiger partial charge in [-0.25, -0.2) is 0 Å². The van der Waals surface area contributed by atoms with Gasteiger partial charge in [0.25, 0.3) is 0 Å². The molecule has 3 N–H and O–H groups in total. The van der Waals surface area contributed by atoms with Gasteiger partial charge in [0.1, 0.15) is 0 Å². The van der Waals surface area contributed by atoms with Gasteiger partial charge in [-0.05, 0) is 37.7 Å². The van der Waals surface area contributed by atoms with Gasteiger partial charge in [0.2, 0.25) is 0 Å². The fraction of sp³-hybridized carbons (Fsp3) is 0.900. The number of rotatable bonds is 4. The van der Waals surface area contributed by atoms with E-state index in [1.165, 1.54) is 0 Å². The summed E-state index contributed by atoms with van der Waals surface area (Å²) < 4.78 is 35.8. The Bertz CT molecular complexity index is 272. The number of amidine groups is 1. The van der Waals surface area contributed by atoms with E-state index in [9.17, 15) is 13.2 Å². The van der Waals surface area contributed by atoms with Crippen LogP contribution >= 0.6 is 11.8 Å². The van der Waals surface area contributed by atoms with E-state index >= 15 is 0 Å². The van der Waals surface area contributed by atoms with Crippen molar-refractivity contribution in [3.63, 3.8) is 0 Å². The minimum absolute atomic E-state index is 0.0248. The Labute approximate surface area is 103 Å². The second-order valence-corrected chi connectivity index (χ2v) is 5.77. The molecule has 1 heterocycles. The number of hydrogen-bond donors (Lipinski definition) is 2. The molecule has 0 bridgehead atoms. The molecule has 0 saturated carbocycles. The maximum atomic E-state index is 11.9. The largest absolute Gasteiger partial charge is 0.441 e. The molecule has 100 valence electrons. The molecule has 0 spiro atoms. The molecule has 3 nitrogen and oxygen atoms in total. The fourth-order valence-corrected chi connectivity index (χ4v) is 2.41. The van der Waals surface area contributed by atoms with Crippen LogP contribution in [0.5, 0.6) is 0 Å². The molecular weight excluding hydrogens is 251 g/mol. The zero-order valence-electron chi connectivity index (χ0n) is 9.81. The molecular formula is C10H18F3N3S. The lowest BCUT2D eigenvalue weighted by molar-refractivity contribution is -0.0329. The average Bonchev–Trinajstić information content (AvgIpc) is 2.19. The summed E-state index contributed by atoms with van der Waals surface area (Å²) >= 11 is 0.0248. The number of nitrogens with one attached hydrogen (secondary N) is 1. The molecule has 0 radical (unpaired) electrons. The molecule has 0 unspecified atom stereocenters. The van der Waals surface area contributed by atoms with Gasteiger partial charge in [0.05, 0.1) is 5.84 Å². The zero-order chi connectivity index (χ0) is 13.1. The second kappa shape index (κ2) is 5.48. The van der Waals surface area contributed by atoms with Crippen molar-refractivity contribution in [2.75, 3.05) is 25.4 Å². The third-order valence-corrected chi connectivity index (χ3v) is 4.00. The lowest BCUT2D eigenvalue weighted by atomic mass is 9.79. The standard InChI is InChI=1S/C10H18F3N3S/c1-9(8(14)15)2-4-16(5-3-9)6-7-17-10(11,12)13/h2-7H2,1H3,(H3,14,15). The summed E-state index contributed by atoms with van der Waals surface area (Å²) in [6.45, 7) is 3.82. The quantitative estimate of drug-likeness (QED) is 0.608. The highest BCUT2D eigenvalue weighted by molar-refractivity contribution is 8.00. The first-order valence-corrected chi connectivity index (χ1v) is 6.49. The molecule has 7 heteroatoms. The Kier molecular flexibility index (Phi) is 4.71. The highest BCUT2D eigenvalue weighted by Gasteiger charge is 2.33. The topological polar surface area (TPSA) is 53.1 Å². The first kappa shape index (κ1) is 14.6. The fourth-order valence-electron chi connectivity index (χ4n) is 1.83. The number of alkyl halides is 3. The van der Waals surface area contributed by atoms with E-state index in [1.54, 1.807) is 0 Å². The summed E-state index contributed by atoms with van der Waals surface area (Å²) in [7, 11) is 0. The Morgan fingerprint density at radius 3 is 2.35 bits per heavy atom. The van der Waals surface area contributed by atoms with Crippen LogP contribution < -0.4 is 5.73 Å². The van der Waals surface area contributed by atoms with Crippen LogP contribution in [-0.4, -0.2) is 41.6 Å². The average molecular weight is 269 g/mol. The van der Waals surface area contributed by atoms with E-state index in [0.29, 0.717) is 19.6 Å². The predicted molar refractivity (Wildman–Crippen MR) is 64.2 cm³/mol. The number of nitrogens with zero attached hydrogens (tertiary/aromatic N) is 1. The van der Waals surface area contributed by atoms with E-state index in [1.807, 2.05) is 11.8 Å². The molecule has 0 amide bonds. The van der Waals surface area contributed by atoms with Crippen LogP contribution in [0, 0.1) is 10.8 Å². The summed E-state index contributed by atoms with van der Waals surface area (Å²) in [6.07, 6.45) is 1.50. The van der Waals surface area contributed by atoms with Gasteiger partial charge in [-0.1, -0.05) is 6.92 Å². The molecule has 0 aromatic heterocycles. The first-order chi connectivity index (χ1) is 7.73. The van der Waals surface area contributed by atoms with Crippen molar-refractivity contribution in [1.29, 1.82) is 5.41 Å². The maximum Gasteiger partial charge on any atom is 0.441 e. The SMILES string of the molecule is CC1(C(=N)N)CCN(CCSC(F)(F)F)CC1. The van der Waals surface area contributed by atoms with Crippen molar-refractivity contribution >= 4 is 17.6 Å². The molecule has 1 rings (SSSR count). The maximum absolute atomic E-state index is 11.9. The van der Waals surface area contributed by atoms with E-state index in [2.05, 4.69) is 0 Å². The van der Waals surface area contributed by atoms with Crippen molar-refractivity contribution in [3.05, 3.63) is 0 Å². The molecule has 1 aliphatic heterocycles. The van der Waals surface area contributed by atoms with Crippen molar-refractivity contribution in [2.45, 2.75) is 25.3 Å². The van der Waals surface area contributed by atoms with Crippen LogP contribution in [-0.2, 0) is 0 Å². The number of likely N-dealkylation sites (tertiary alicyclic amines) is 1. The second-order valence-electron chi connectivity index (χ2n) is 4.61. The van der Waals surface area contributed by atoms with Crippen LogP contribution in [0.4, 0.5) is 13.2 Å². The number of halogens is 3. The molecule has 1 aliphatic rings. The normalized spacial score (nSPS) is 21.4. The van der Waals surface area contributed by atoms with Crippen molar-refractivity contribution in [3.8, 4) is 0 Å². The summed E-state index contributed by atoms with van der Waals surface area (Å²) in [5, 5.41) is 7.48. The number of nitrogens with two attached hydrogens (primary N) is 1. The third-order valence-electron chi connectivity index (χ3n) is 3.28. The van der Waals surface area contributed by atoms with Crippen LogP contribution in [0.2, 0.25) is 0 Å². The first-order valence-electron chi connectivity index (χ1n) is 5.50. The van der Waals surface area contributed by atoms with Gasteiger partial charge < -0.3 is 10.6 Å². The zero-order valence-corrected chi connectivity index (χ0v) is 10.6. The van der Waals surface area contributed by atoms with Gasteiger partial charge in [-0.2, -0.15) is 13.2 Å². The third kappa shape index (κ3) is 4.75. The minimum Gasteiger partial charge on any atom is -0.387 e. The van der Waals surface area contributed by atoms with Crippen LogP contribution in [0.15, 0.2) is 0 Å². The van der Waals surface area contributed by atoms with Gasteiger partial charge in [0, 0.05) is 17.7 Å². The Hall–Kier alpha value is -0.430. The highest BCUT2D eigenvalue weighted by Crippen LogP contribution is 2.32. The number of piperidine rings is 1. The predicted octanol–water partition coefficient (Wildman–Crippen LogP) is 2.28. The van der Waals surface area contributed by atoms with Gasteiger partial charge in [-0.15, -0.1) is 0 Å². The summed E-state index contributed by atoms with van der Waals surface area (Å²) in [5.74, 6) is 0.252. The number of thioether (sulfide) groups is 1. The molecule has 17 heavy (non-hydrogen) atoms. The Balaban J connectivity index is 2.26. The lowest BCUT2D eigenvalue weighted by Gasteiger charge is -2.38. The molecule has 0 aliphatic carbocycles. The molecule has 0 atom stereocenters. The molecule has 0 aromatic rings.